The van der Waals surface area contributed by atoms with Crippen LogP contribution in [0, 0.1) is 0 Å². The normalized spacial score (nSPS) is 14.7. The van der Waals surface area contributed by atoms with Gasteiger partial charge in [-0.1, -0.05) is 29.8 Å². The van der Waals surface area contributed by atoms with Crippen molar-refractivity contribution in [1.82, 2.24) is 9.80 Å². The van der Waals surface area contributed by atoms with Gasteiger partial charge in [0.05, 0.1) is 19.3 Å². The zero-order valence-electron chi connectivity index (χ0n) is 15.2. The number of ether oxygens (including phenoxy) is 1. The van der Waals surface area contributed by atoms with E-state index in [1.54, 1.807) is 25.3 Å². The van der Waals surface area contributed by atoms with Crippen LogP contribution in [0.2, 0.25) is 5.02 Å². The third kappa shape index (κ3) is 4.99. The van der Waals surface area contributed by atoms with Crippen LogP contribution in [0.1, 0.15) is 10.4 Å². The second-order valence-electron chi connectivity index (χ2n) is 6.33. The summed E-state index contributed by atoms with van der Waals surface area (Å²) < 4.78 is 5.24. The third-order valence-electron chi connectivity index (χ3n) is 4.48. The first-order valence-corrected chi connectivity index (χ1v) is 9.14. The van der Waals surface area contributed by atoms with Crippen molar-refractivity contribution in [3.63, 3.8) is 0 Å². The van der Waals surface area contributed by atoms with Crippen molar-refractivity contribution in [2.24, 2.45) is 0 Å². The summed E-state index contributed by atoms with van der Waals surface area (Å²) in [5, 5.41) is 3.37. The van der Waals surface area contributed by atoms with Gasteiger partial charge in [0.2, 0.25) is 5.91 Å². The zero-order valence-corrected chi connectivity index (χ0v) is 15.9. The molecule has 2 aromatic carbocycles. The molecule has 0 unspecified atom stereocenters. The Hall–Kier alpha value is -2.57. The Labute approximate surface area is 163 Å². The summed E-state index contributed by atoms with van der Waals surface area (Å²) in [6.07, 6.45) is 0. The maximum atomic E-state index is 12.5. The fourth-order valence-corrected chi connectivity index (χ4v) is 3.22. The number of halogens is 1. The molecule has 2 amide bonds. The Kier molecular flexibility index (Phi) is 6.32. The number of methoxy groups -OCH3 is 1. The molecule has 1 aliphatic rings. The Morgan fingerprint density at radius 3 is 2.44 bits per heavy atom. The Bertz CT molecular complexity index is 805. The van der Waals surface area contributed by atoms with Gasteiger partial charge in [0.25, 0.3) is 5.91 Å². The average molecular weight is 388 g/mol. The summed E-state index contributed by atoms with van der Waals surface area (Å²) in [7, 11) is 1.54. The summed E-state index contributed by atoms with van der Waals surface area (Å²) in [6, 6.07) is 14.3. The number of piperazine rings is 1. The Morgan fingerprint density at radius 1 is 1.07 bits per heavy atom. The van der Waals surface area contributed by atoms with E-state index in [4.69, 9.17) is 16.3 Å². The molecule has 1 aliphatic heterocycles. The highest BCUT2D eigenvalue weighted by Crippen LogP contribution is 2.27. The van der Waals surface area contributed by atoms with Crippen LogP contribution in [0.25, 0.3) is 0 Å². The quantitative estimate of drug-likeness (QED) is 0.856. The number of benzene rings is 2. The highest BCUT2D eigenvalue weighted by Gasteiger charge is 2.23. The number of hydrogen-bond acceptors (Lipinski definition) is 4. The van der Waals surface area contributed by atoms with Gasteiger partial charge in [-0.25, -0.2) is 0 Å². The van der Waals surface area contributed by atoms with Crippen LogP contribution >= 0.6 is 11.6 Å². The summed E-state index contributed by atoms with van der Waals surface area (Å²) in [6.45, 7) is 2.75. The second-order valence-corrected chi connectivity index (χ2v) is 6.76. The van der Waals surface area contributed by atoms with E-state index in [-0.39, 0.29) is 18.4 Å². The summed E-state index contributed by atoms with van der Waals surface area (Å²) in [5.74, 6) is 0.452. The number of carbonyl (C=O) groups excluding carboxylic acids is 2. The van der Waals surface area contributed by atoms with E-state index in [0.717, 1.165) is 0 Å². The average Bonchev–Trinajstić information content (AvgIpc) is 2.69. The van der Waals surface area contributed by atoms with Crippen molar-refractivity contribution in [2.75, 3.05) is 45.2 Å². The van der Waals surface area contributed by atoms with Gasteiger partial charge in [-0.05, 0) is 30.3 Å². The lowest BCUT2D eigenvalue weighted by Gasteiger charge is -2.34. The minimum absolute atomic E-state index is 0.0309. The first-order chi connectivity index (χ1) is 13.1. The van der Waals surface area contributed by atoms with Gasteiger partial charge in [0.1, 0.15) is 5.75 Å². The van der Waals surface area contributed by atoms with Crippen molar-refractivity contribution >= 4 is 29.1 Å². The lowest BCUT2D eigenvalue weighted by Crippen LogP contribution is -2.50. The maximum Gasteiger partial charge on any atom is 0.253 e. The highest BCUT2D eigenvalue weighted by molar-refractivity contribution is 6.31. The molecule has 0 atom stereocenters. The fourth-order valence-electron chi connectivity index (χ4n) is 3.04. The number of amides is 2. The van der Waals surface area contributed by atoms with Gasteiger partial charge in [-0.3, -0.25) is 14.5 Å². The number of nitrogens with zero attached hydrogens (tertiary/aromatic N) is 2. The second kappa shape index (κ2) is 8.88. The van der Waals surface area contributed by atoms with Gasteiger partial charge in [0, 0.05) is 36.8 Å². The molecule has 27 heavy (non-hydrogen) atoms. The van der Waals surface area contributed by atoms with Gasteiger partial charge < -0.3 is 15.0 Å². The Morgan fingerprint density at radius 2 is 1.78 bits per heavy atom. The van der Waals surface area contributed by atoms with Crippen molar-refractivity contribution < 1.29 is 14.3 Å². The minimum atomic E-state index is -0.140. The van der Waals surface area contributed by atoms with Crippen LogP contribution in [0.4, 0.5) is 5.69 Å². The third-order valence-corrected chi connectivity index (χ3v) is 4.72. The number of nitrogens with one attached hydrogen (secondary N) is 1. The standard InChI is InChI=1S/C20H22ClN3O3/c1-27-18-8-7-16(21)13-17(18)22-19(25)14-23-9-11-24(12-10-23)20(26)15-5-3-2-4-6-15/h2-8,13H,9-12,14H2,1H3,(H,22,25). The van der Waals surface area contributed by atoms with Crippen molar-refractivity contribution in [3.05, 3.63) is 59.1 Å². The lowest BCUT2D eigenvalue weighted by molar-refractivity contribution is -0.117. The van der Waals surface area contributed by atoms with Crippen LogP contribution < -0.4 is 10.1 Å². The molecule has 0 bridgehead atoms. The predicted molar refractivity (Wildman–Crippen MR) is 105 cm³/mol. The largest absolute Gasteiger partial charge is 0.495 e. The van der Waals surface area contributed by atoms with Crippen molar-refractivity contribution in [3.8, 4) is 5.75 Å². The summed E-state index contributed by atoms with van der Waals surface area (Å²) in [4.78, 5) is 28.7. The molecule has 2 aromatic rings. The van der Waals surface area contributed by atoms with E-state index in [9.17, 15) is 9.59 Å². The fraction of sp³-hybridized carbons (Fsp3) is 0.300. The molecule has 3 rings (SSSR count). The number of anilines is 1. The molecule has 1 heterocycles. The Balaban J connectivity index is 1.51. The molecule has 0 aromatic heterocycles. The van der Waals surface area contributed by atoms with Crippen molar-refractivity contribution in [2.45, 2.75) is 0 Å². The molecule has 0 radical (unpaired) electrons. The molecule has 142 valence electrons. The molecule has 0 aliphatic carbocycles. The molecular formula is C20H22ClN3O3. The number of hydrogen-bond donors (Lipinski definition) is 1. The molecule has 1 fully saturated rings. The SMILES string of the molecule is COc1ccc(Cl)cc1NC(=O)CN1CCN(C(=O)c2ccccc2)CC1. The minimum Gasteiger partial charge on any atom is -0.495 e. The molecule has 1 N–H and O–H groups in total. The van der Waals surface area contributed by atoms with Gasteiger partial charge in [-0.2, -0.15) is 0 Å². The first kappa shape index (κ1) is 19.2. The zero-order chi connectivity index (χ0) is 19.2. The van der Waals surface area contributed by atoms with Crippen LogP contribution in [0.15, 0.2) is 48.5 Å². The van der Waals surface area contributed by atoms with E-state index in [2.05, 4.69) is 5.32 Å². The molecule has 1 saturated heterocycles. The van der Waals surface area contributed by atoms with E-state index in [1.165, 1.54) is 0 Å². The van der Waals surface area contributed by atoms with Crippen LogP contribution in [0.5, 0.6) is 5.75 Å². The van der Waals surface area contributed by atoms with Crippen LogP contribution in [0.3, 0.4) is 0 Å². The molecule has 7 heteroatoms. The van der Waals surface area contributed by atoms with E-state index < -0.39 is 0 Å². The van der Waals surface area contributed by atoms with Crippen molar-refractivity contribution in [1.29, 1.82) is 0 Å². The predicted octanol–water partition coefficient (Wildman–Crippen LogP) is 2.75. The molecule has 0 spiro atoms. The van der Waals surface area contributed by atoms with E-state index >= 15 is 0 Å². The van der Waals surface area contributed by atoms with E-state index in [1.807, 2.05) is 40.1 Å². The molecule has 0 saturated carbocycles. The van der Waals surface area contributed by atoms with Gasteiger partial charge in [0.15, 0.2) is 0 Å². The smallest absolute Gasteiger partial charge is 0.253 e. The van der Waals surface area contributed by atoms with Gasteiger partial charge >= 0.3 is 0 Å². The summed E-state index contributed by atoms with van der Waals surface area (Å²) in [5.41, 5.74) is 1.24. The topological polar surface area (TPSA) is 61.9 Å². The maximum absolute atomic E-state index is 12.5. The summed E-state index contributed by atoms with van der Waals surface area (Å²) >= 11 is 5.99. The number of carbonyl (C=O) groups is 2. The van der Waals surface area contributed by atoms with Crippen LogP contribution in [-0.2, 0) is 4.79 Å². The first-order valence-electron chi connectivity index (χ1n) is 8.77. The van der Waals surface area contributed by atoms with Crippen LogP contribution in [-0.4, -0.2) is 61.4 Å². The molecular weight excluding hydrogens is 366 g/mol. The molecule has 6 nitrogen and oxygen atoms in total. The van der Waals surface area contributed by atoms with Gasteiger partial charge in [-0.15, -0.1) is 0 Å². The lowest BCUT2D eigenvalue weighted by atomic mass is 10.2. The monoisotopic (exact) mass is 387 g/mol. The number of rotatable bonds is 5. The van der Waals surface area contributed by atoms with E-state index in [0.29, 0.717) is 48.2 Å². The highest BCUT2D eigenvalue weighted by atomic mass is 35.5.